The van der Waals surface area contributed by atoms with Gasteiger partial charge >= 0.3 is 5.97 Å². The van der Waals surface area contributed by atoms with Crippen molar-refractivity contribution in [2.45, 2.75) is 62.7 Å². The van der Waals surface area contributed by atoms with E-state index in [1.807, 2.05) is 0 Å². The molecule has 2 rings (SSSR count). The van der Waals surface area contributed by atoms with Crippen molar-refractivity contribution in [3.05, 3.63) is 0 Å². The van der Waals surface area contributed by atoms with Gasteiger partial charge < -0.3 is 10.4 Å². The van der Waals surface area contributed by atoms with Gasteiger partial charge in [-0.05, 0) is 37.4 Å². The van der Waals surface area contributed by atoms with E-state index < -0.39 is 11.5 Å². The molecule has 4 nitrogen and oxygen atoms in total. The highest BCUT2D eigenvalue weighted by Gasteiger charge is 2.44. The first-order chi connectivity index (χ1) is 9.03. The van der Waals surface area contributed by atoms with Crippen molar-refractivity contribution in [1.29, 1.82) is 0 Å². The molecule has 3 unspecified atom stereocenters. The first-order valence-electron chi connectivity index (χ1n) is 7.20. The van der Waals surface area contributed by atoms with Crippen LogP contribution >= 0.6 is 11.8 Å². The van der Waals surface area contributed by atoms with Crippen molar-refractivity contribution in [2.24, 2.45) is 5.92 Å². The van der Waals surface area contributed by atoms with E-state index in [4.69, 9.17) is 0 Å². The lowest BCUT2D eigenvalue weighted by Gasteiger charge is -2.38. The van der Waals surface area contributed by atoms with Gasteiger partial charge in [-0.3, -0.25) is 4.79 Å². The number of rotatable bonds is 3. The molecular formula is C14H23NO3S. The molecule has 0 spiro atoms. The summed E-state index contributed by atoms with van der Waals surface area (Å²) in [5.74, 6) is 0.438. The Labute approximate surface area is 118 Å². The van der Waals surface area contributed by atoms with E-state index in [1.165, 1.54) is 0 Å². The summed E-state index contributed by atoms with van der Waals surface area (Å²) in [5.41, 5.74) is -1.02. The Bertz CT molecular complexity index is 355. The maximum absolute atomic E-state index is 12.3. The topological polar surface area (TPSA) is 66.4 Å². The van der Waals surface area contributed by atoms with Gasteiger partial charge in [-0.15, -0.1) is 11.8 Å². The molecular weight excluding hydrogens is 262 g/mol. The molecule has 3 atom stereocenters. The number of amides is 1. The molecule has 0 aromatic heterocycles. The van der Waals surface area contributed by atoms with Crippen LogP contribution in [0.5, 0.6) is 0 Å². The molecule has 1 saturated carbocycles. The van der Waals surface area contributed by atoms with E-state index in [0.29, 0.717) is 18.8 Å². The summed E-state index contributed by atoms with van der Waals surface area (Å²) in [6.45, 7) is 2.07. The maximum atomic E-state index is 12.3. The van der Waals surface area contributed by atoms with Gasteiger partial charge in [0.25, 0.3) is 0 Å². The minimum atomic E-state index is -1.02. The summed E-state index contributed by atoms with van der Waals surface area (Å²) in [6, 6.07) is 0. The fraction of sp³-hybridized carbons (Fsp3) is 0.857. The first kappa shape index (κ1) is 14.7. The van der Waals surface area contributed by atoms with Gasteiger partial charge in [0.15, 0.2) is 0 Å². The molecule has 2 aliphatic rings. The third-order valence-corrected chi connectivity index (χ3v) is 5.62. The second kappa shape index (κ2) is 6.16. The molecule has 1 amide bonds. The van der Waals surface area contributed by atoms with E-state index in [0.717, 1.165) is 37.9 Å². The van der Waals surface area contributed by atoms with Crippen molar-refractivity contribution < 1.29 is 14.7 Å². The molecule has 1 heterocycles. The number of carboxylic acids is 1. The molecule has 1 aliphatic carbocycles. The number of carbonyl (C=O) groups excluding carboxylic acids is 1. The lowest BCUT2D eigenvalue weighted by molar-refractivity contribution is -0.150. The number of thioether (sulfide) groups is 1. The highest BCUT2D eigenvalue weighted by Crippen LogP contribution is 2.34. The molecule has 108 valence electrons. The van der Waals surface area contributed by atoms with Gasteiger partial charge in [0.2, 0.25) is 5.91 Å². The average Bonchev–Trinajstić information content (AvgIpc) is 2.39. The molecule has 2 fully saturated rings. The largest absolute Gasteiger partial charge is 0.480 e. The fourth-order valence-corrected chi connectivity index (χ4v) is 4.38. The molecule has 1 saturated heterocycles. The third-order valence-electron chi connectivity index (χ3n) is 4.24. The summed E-state index contributed by atoms with van der Waals surface area (Å²) in [5, 5.41) is 12.4. The van der Waals surface area contributed by atoms with Gasteiger partial charge in [-0.1, -0.05) is 26.2 Å². The Hall–Kier alpha value is -0.710. The minimum absolute atomic E-state index is 0.0535. The zero-order chi connectivity index (χ0) is 13.9. The Kier molecular flexibility index (Phi) is 4.76. The van der Waals surface area contributed by atoms with E-state index in [9.17, 15) is 14.7 Å². The van der Waals surface area contributed by atoms with E-state index in [-0.39, 0.29) is 11.2 Å². The van der Waals surface area contributed by atoms with E-state index in [2.05, 4.69) is 12.2 Å². The van der Waals surface area contributed by atoms with Crippen LogP contribution in [0.2, 0.25) is 0 Å². The zero-order valence-electron chi connectivity index (χ0n) is 11.5. The van der Waals surface area contributed by atoms with Crippen molar-refractivity contribution >= 4 is 23.6 Å². The lowest BCUT2D eigenvalue weighted by Crippen LogP contribution is -2.58. The predicted molar refractivity (Wildman–Crippen MR) is 76.2 cm³/mol. The van der Waals surface area contributed by atoms with Crippen molar-refractivity contribution in [3.8, 4) is 0 Å². The fourth-order valence-electron chi connectivity index (χ4n) is 3.18. The van der Waals surface area contributed by atoms with Crippen LogP contribution in [0, 0.1) is 5.92 Å². The number of nitrogens with one attached hydrogen (secondary N) is 1. The number of aliphatic carboxylic acids is 1. The summed E-state index contributed by atoms with van der Waals surface area (Å²) in [6.07, 6.45) is 6.18. The standard InChI is InChI=1S/C14H23NO3S/c1-10-5-4-7-14(9-10,13(17)18)15-12(16)11-6-2-3-8-19-11/h10-11H,2-9H2,1H3,(H,15,16)(H,17,18). The number of hydrogen-bond donors (Lipinski definition) is 2. The molecule has 0 radical (unpaired) electrons. The Balaban J connectivity index is 2.03. The van der Waals surface area contributed by atoms with Gasteiger partial charge in [0.1, 0.15) is 5.54 Å². The molecule has 0 aromatic rings. The van der Waals surface area contributed by atoms with Crippen LogP contribution in [0.15, 0.2) is 0 Å². The highest BCUT2D eigenvalue weighted by atomic mass is 32.2. The second-order valence-electron chi connectivity index (χ2n) is 5.93. The van der Waals surface area contributed by atoms with Crippen molar-refractivity contribution in [2.75, 3.05) is 5.75 Å². The van der Waals surface area contributed by atoms with Gasteiger partial charge in [0, 0.05) is 0 Å². The Morgan fingerprint density at radius 2 is 2.05 bits per heavy atom. The van der Waals surface area contributed by atoms with Crippen LogP contribution in [0.25, 0.3) is 0 Å². The second-order valence-corrected chi connectivity index (χ2v) is 7.24. The first-order valence-corrected chi connectivity index (χ1v) is 8.25. The van der Waals surface area contributed by atoms with Gasteiger partial charge in [0.05, 0.1) is 5.25 Å². The quantitative estimate of drug-likeness (QED) is 0.835. The predicted octanol–water partition coefficient (Wildman–Crippen LogP) is 2.42. The molecule has 0 aromatic carbocycles. The monoisotopic (exact) mass is 285 g/mol. The Morgan fingerprint density at radius 1 is 1.26 bits per heavy atom. The van der Waals surface area contributed by atoms with E-state index in [1.54, 1.807) is 11.8 Å². The highest BCUT2D eigenvalue weighted by molar-refractivity contribution is 8.00. The maximum Gasteiger partial charge on any atom is 0.329 e. The average molecular weight is 285 g/mol. The smallest absolute Gasteiger partial charge is 0.329 e. The summed E-state index contributed by atoms with van der Waals surface area (Å²) in [4.78, 5) is 23.9. The normalized spacial score (nSPS) is 35.6. The molecule has 5 heteroatoms. The number of hydrogen-bond acceptors (Lipinski definition) is 3. The summed E-state index contributed by atoms with van der Waals surface area (Å²) in [7, 11) is 0. The van der Waals surface area contributed by atoms with Crippen LogP contribution in [0.3, 0.4) is 0 Å². The Morgan fingerprint density at radius 3 is 2.63 bits per heavy atom. The van der Waals surface area contributed by atoms with Crippen molar-refractivity contribution in [1.82, 2.24) is 5.32 Å². The summed E-state index contributed by atoms with van der Waals surface area (Å²) >= 11 is 1.67. The minimum Gasteiger partial charge on any atom is -0.480 e. The summed E-state index contributed by atoms with van der Waals surface area (Å²) < 4.78 is 0. The van der Waals surface area contributed by atoms with E-state index >= 15 is 0 Å². The van der Waals surface area contributed by atoms with Gasteiger partial charge in [-0.2, -0.15) is 0 Å². The lowest BCUT2D eigenvalue weighted by atomic mass is 9.76. The zero-order valence-corrected chi connectivity index (χ0v) is 12.3. The van der Waals surface area contributed by atoms with Crippen molar-refractivity contribution in [3.63, 3.8) is 0 Å². The number of carboxylic acid groups (broad SMARTS) is 1. The van der Waals surface area contributed by atoms with Crippen LogP contribution in [-0.2, 0) is 9.59 Å². The molecule has 2 N–H and O–H groups in total. The van der Waals surface area contributed by atoms with Crippen LogP contribution in [-0.4, -0.2) is 33.5 Å². The SMILES string of the molecule is CC1CCCC(NC(=O)C2CCCCS2)(C(=O)O)C1. The molecule has 19 heavy (non-hydrogen) atoms. The van der Waals surface area contributed by atoms with Crippen LogP contribution in [0.4, 0.5) is 0 Å². The molecule has 0 bridgehead atoms. The third kappa shape index (κ3) is 3.44. The number of carbonyl (C=O) groups is 2. The van der Waals surface area contributed by atoms with Crippen LogP contribution < -0.4 is 5.32 Å². The van der Waals surface area contributed by atoms with Gasteiger partial charge in [-0.25, -0.2) is 4.79 Å². The molecule has 1 aliphatic heterocycles. The van der Waals surface area contributed by atoms with Crippen LogP contribution in [0.1, 0.15) is 51.9 Å².